The van der Waals surface area contributed by atoms with Crippen LogP contribution < -0.4 is 9.16 Å². The van der Waals surface area contributed by atoms with Gasteiger partial charge in [-0.2, -0.15) is 0 Å². The molecule has 0 saturated heterocycles. The van der Waals surface area contributed by atoms with Gasteiger partial charge < -0.3 is 9.16 Å². The molecule has 0 fully saturated rings. The zero-order chi connectivity index (χ0) is 18.0. The first-order valence-electron chi connectivity index (χ1n) is 8.12. The summed E-state index contributed by atoms with van der Waals surface area (Å²) in [5, 5.41) is 0.0448. The predicted molar refractivity (Wildman–Crippen MR) is 101 cm³/mol. The van der Waals surface area contributed by atoms with Crippen LogP contribution in [0.3, 0.4) is 0 Å². The molecule has 2 aromatic rings. The number of methoxy groups -OCH3 is 1. The summed E-state index contributed by atoms with van der Waals surface area (Å²) in [6, 6.07) is 14.7. The van der Waals surface area contributed by atoms with E-state index in [1.54, 1.807) is 19.2 Å². The summed E-state index contributed by atoms with van der Waals surface area (Å²) >= 11 is 0. The van der Waals surface area contributed by atoms with Crippen molar-refractivity contribution in [3.63, 3.8) is 0 Å². The fraction of sp³-hybridized carbons (Fsp3) is 0.350. The van der Waals surface area contributed by atoms with Crippen LogP contribution in [-0.2, 0) is 0 Å². The summed E-state index contributed by atoms with van der Waals surface area (Å²) in [4.78, 5) is 12.9. The van der Waals surface area contributed by atoms with Crippen LogP contribution in [0.1, 0.15) is 36.7 Å². The molecule has 2 aromatic carbocycles. The molecule has 0 N–H and O–H groups in total. The Hall–Kier alpha value is -2.07. The van der Waals surface area contributed by atoms with Crippen LogP contribution in [0.25, 0.3) is 0 Å². The van der Waals surface area contributed by atoms with Crippen molar-refractivity contribution in [3.05, 3.63) is 59.7 Å². The SMILES string of the molecule is COc1ccc(C(=O)c2ccccc2)c(O[Si](C)(C)C(C)(C)C)c1. The van der Waals surface area contributed by atoms with Gasteiger partial charge in [0.15, 0.2) is 5.78 Å². The van der Waals surface area contributed by atoms with Gasteiger partial charge in [-0.3, -0.25) is 4.79 Å². The largest absolute Gasteiger partial charge is 0.543 e. The van der Waals surface area contributed by atoms with E-state index in [-0.39, 0.29) is 10.8 Å². The number of hydrogen-bond acceptors (Lipinski definition) is 3. The Balaban J connectivity index is 2.48. The Morgan fingerprint density at radius 2 is 1.62 bits per heavy atom. The lowest BCUT2D eigenvalue weighted by Gasteiger charge is -2.37. The van der Waals surface area contributed by atoms with Crippen LogP contribution in [0.4, 0.5) is 0 Å². The lowest BCUT2D eigenvalue weighted by atomic mass is 10.0. The molecule has 0 aliphatic heterocycles. The molecule has 24 heavy (non-hydrogen) atoms. The Bertz CT molecular complexity index is 715. The quantitative estimate of drug-likeness (QED) is 0.545. The number of benzene rings is 2. The van der Waals surface area contributed by atoms with E-state index in [9.17, 15) is 4.79 Å². The molecule has 0 heterocycles. The minimum atomic E-state index is -2.07. The van der Waals surface area contributed by atoms with Crippen molar-refractivity contribution in [1.29, 1.82) is 0 Å². The Morgan fingerprint density at radius 1 is 1.00 bits per heavy atom. The second-order valence-corrected chi connectivity index (χ2v) is 12.1. The topological polar surface area (TPSA) is 35.5 Å². The molecule has 0 amide bonds. The normalized spacial score (nSPS) is 11.9. The summed E-state index contributed by atoms with van der Waals surface area (Å²) in [5.41, 5.74) is 1.23. The molecule has 4 heteroatoms. The van der Waals surface area contributed by atoms with E-state index in [4.69, 9.17) is 9.16 Å². The zero-order valence-corrected chi connectivity index (χ0v) is 16.3. The van der Waals surface area contributed by atoms with Crippen molar-refractivity contribution < 1.29 is 14.0 Å². The molecular weight excluding hydrogens is 316 g/mol. The van der Waals surface area contributed by atoms with E-state index in [1.807, 2.05) is 36.4 Å². The van der Waals surface area contributed by atoms with Crippen LogP contribution >= 0.6 is 0 Å². The van der Waals surface area contributed by atoms with Gasteiger partial charge in [0.05, 0.1) is 12.7 Å². The first kappa shape index (κ1) is 18.3. The maximum Gasteiger partial charge on any atom is 0.250 e. The summed E-state index contributed by atoms with van der Waals surface area (Å²) in [5.74, 6) is 1.26. The standard InChI is InChI=1S/C20H26O3Si/c1-20(2,3)24(5,6)23-18-14-16(22-4)12-13-17(18)19(21)15-10-8-7-9-11-15/h7-14H,1-6H3. The van der Waals surface area contributed by atoms with Crippen LogP contribution in [0.5, 0.6) is 11.5 Å². The van der Waals surface area contributed by atoms with Crippen LogP contribution in [0, 0.1) is 0 Å². The Morgan fingerprint density at radius 3 is 2.17 bits per heavy atom. The first-order valence-corrected chi connectivity index (χ1v) is 11.0. The van der Waals surface area contributed by atoms with Gasteiger partial charge in [-0.25, -0.2) is 0 Å². The molecule has 0 atom stereocenters. The molecule has 0 bridgehead atoms. The Labute approximate surface area is 145 Å². The average molecular weight is 343 g/mol. The van der Waals surface area contributed by atoms with Crippen LogP contribution in [-0.4, -0.2) is 21.2 Å². The van der Waals surface area contributed by atoms with Gasteiger partial charge in [-0.05, 0) is 30.3 Å². The first-order chi connectivity index (χ1) is 11.2. The van der Waals surface area contributed by atoms with Crippen molar-refractivity contribution in [3.8, 4) is 11.5 Å². The second-order valence-electron chi connectivity index (χ2n) is 7.42. The van der Waals surface area contributed by atoms with E-state index in [1.165, 1.54) is 0 Å². The van der Waals surface area contributed by atoms with Gasteiger partial charge in [0.1, 0.15) is 11.5 Å². The summed E-state index contributed by atoms with van der Waals surface area (Å²) in [7, 11) is -0.452. The molecule has 0 unspecified atom stereocenters. The third-order valence-corrected chi connectivity index (χ3v) is 8.98. The fourth-order valence-corrected chi connectivity index (χ4v) is 3.10. The maximum absolute atomic E-state index is 12.9. The molecular formula is C20H26O3Si. The van der Waals surface area contributed by atoms with Crippen molar-refractivity contribution in [1.82, 2.24) is 0 Å². The van der Waals surface area contributed by atoms with Gasteiger partial charge in [-0.15, -0.1) is 0 Å². The van der Waals surface area contributed by atoms with E-state index in [0.717, 1.165) is 0 Å². The highest BCUT2D eigenvalue weighted by Gasteiger charge is 2.39. The van der Waals surface area contributed by atoms with Crippen LogP contribution in [0.15, 0.2) is 48.5 Å². The number of ketones is 1. The molecule has 0 saturated carbocycles. The molecule has 0 radical (unpaired) electrons. The highest BCUT2D eigenvalue weighted by atomic mass is 28.4. The van der Waals surface area contributed by atoms with E-state index in [2.05, 4.69) is 33.9 Å². The van der Waals surface area contributed by atoms with Gasteiger partial charge in [0, 0.05) is 11.6 Å². The minimum absolute atomic E-state index is 0.0352. The van der Waals surface area contributed by atoms with Crippen molar-refractivity contribution in [2.45, 2.75) is 38.9 Å². The number of rotatable bonds is 5. The van der Waals surface area contributed by atoms with E-state index >= 15 is 0 Å². The predicted octanol–water partition coefficient (Wildman–Crippen LogP) is 5.31. The van der Waals surface area contributed by atoms with E-state index in [0.29, 0.717) is 22.6 Å². The molecule has 2 rings (SSSR count). The zero-order valence-electron chi connectivity index (χ0n) is 15.3. The highest BCUT2D eigenvalue weighted by molar-refractivity contribution is 6.74. The summed E-state index contributed by atoms with van der Waals surface area (Å²) in [6.45, 7) is 10.9. The fourth-order valence-electron chi connectivity index (χ4n) is 2.07. The summed E-state index contributed by atoms with van der Waals surface area (Å²) in [6.07, 6.45) is 0. The van der Waals surface area contributed by atoms with Gasteiger partial charge >= 0.3 is 0 Å². The maximum atomic E-state index is 12.9. The number of carbonyl (C=O) groups excluding carboxylic acids is 1. The Kier molecular flexibility index (Phi) is 5.18. The lowest BCUT2D eigenvalue weighted by molar-refractivity contribution is 0.103. The third-order valence-electron chi connectivity index (χ3n) is 4.64. The molecule has 0 spiro atoms. The van der Waals surface area contributed by atoms with Crippen molar-refractivity contribution in [2.24, 2.45) is 0 Å². The lowest BCUT2D eigenvalue weighted by Crippen LogP contribution is -2.44. The molecule has 0 aliphatic carbocycles. The highest BCUT2D eigenvalue weighted by Crippen LogP contribution is 2.39. The summed E-state index contributed by atoms with van der Waals surface area (Å²) < 4.78 is 11.7. The van der Waals surface area contributed by atoms with Crippen molar-refractivity contribution in [2.75, 3.05) is 7.11 Å². The number of hydrogen-bond donors (Lipinski definition) is 0. The number of ether oxygens (including phenoxy) is 1. The minimum Gasteiger partial charge on any atom is -0.543 e. The van der Waals surface area contributed by atoms with Gasteiger partial charge in [0.2, 0.25) is 0 Å². The number of carbonyl (C=O) groups is 1. The second kappa shape index (κ2) is 6.81. The van der Waals surface area contributed by atoms with Gasteiger partial charge in [-0.1, -0.05) is 51.1 Å². The molecule has 0 aromatic heterocycles. The average Bonchev–Trinajstić information content (AvgIpc) is 2.53. The van der Waals surface area contributed by atoms with Crippen molar-refractivity contribution >= 4 is 14.1 Å². The molecule has 0 aliphatic rings. The molecule has 3 nitrogen and oxygen atoms in total. The monoisotopic (exact) mass is 342 g/mol. The molecule has 128 valence electrons. The van der Waals surface area contributed by atoms with Gasteiger partial charge in [0.25, 0.3) is 8.32 Å². The van der Waals surface area contributed by atoms with E-state index < -0.39 is 8.32 Å². The van der Waals surface area contributed by atoms with Crippen LogP contribution in [0.2, 0.25) is 18.1 Å². The smallest absolute Gasteiger partial charge is 0.250 e. The third kappa shape index (κ3) is 3.87.